The summed E-state index contributed by atoms with van der Waals surface area (Å²) in [5, 5.41) is 7.39. The Morgan fingerprint density at radius 1 is 1.03 bits per heavy atom. The van der Waals surface area contributed by atoms with Gasteiger partial charge in [-0.1, -0.05) is 79.5 Å². The standard InChI is InChI=1S/C32H34ClN3O2/c1-21-8-12-23(13-9-21)31-30-26(18-32(2,3)19-28(30)37)35-25-6-4-5-7-27(25)36(31)20-29(38)34-17-16-22-10-14-24(33)15-11-22/h4-15,31,35H,16-20H2,1-3H3,(H,34,38). The molecular formula is C32H34ClN3O2. The zero-order valence-corrected chi connectivity index (χ0v) is 22.9. The number of fused-ring (bicyclic) bond motifs is 1. The molecule has 1 heterocycles. The van der Waals surface area contributed by atoms with Crippen LogP contribution < -0.4 is 15.5 Å². The van der Waals surface area contributed by atoms with Crippen molar-refractivity contribution in [3.05, 3.63) is 106 Å². The second-order valence-electron chi connectivity index (χ2n) is 11.1. The van der Waals surface area contributed by atoms with E-state index in [-0.39, 0.29) is 29.7 Å². The third-order valence-corrected chi connectivity index (χ3v) is 7.61. The van der Waals surface area contributed by atoms with Crippen LogP contribution >= 0.6 is 11.6 Å². The van der Waals surface area contributed by atoms with E-state index in [0.717, 1.165) is 45.8 Å². The van der Waals surface area contributed by atoms with E-state index in [0.29, 0.717) is 24.4 Å². The molecule has 196 valence electrons. The van der Waals surface area contributed by atoms with Gasteiger partial charge >= 0.3 is 0 Å². The summed E-state index contributed by atoms with van der Waals surface area (Å²) in [6.07, 6.45) is 1.96. The van der Waals surface area contributed by atoms with E-state index in [2.05, 4.69) is 60.6 Å². The van der Waals surface area contributed by atoms with Crippen molar-refractivity contribution >= 4 is 34.7 Å². The van der Waals surface area contributed by atoms with Crippen LogP contribution in [-0.2, 0) is 16.0 Å². The van der Waals surface area contributed by atoms with Crippen molar-refractivity contribution in [2.24, 2.45) is 5.41 Å². The lowest BCUT2D eigenvalue weighted by atomic mass is 9.73. The Bertz CT molecular complexity index is 1380. The number of hydrogen-bond donors (Lipinski definition) is 2. The van der Waals surface area contributed by atoms with Crippen molar-refractivity contribution in [1.29, 1.82) is 0 Å². The van der Waals surface area contributed by atoms with E-state index < -0.39 is 0 Å². The number of carbonyl (C=O) groups excluding carboxylic acids is 2. The fourth-order valence-electron chi connectivity index (χ4n) is 5.53. The minimum Gasteiger partial charge on any atom is -0.357 e. The summed E-state index contributed by atoms with van der Waals surface area (Å²) in [7, 11) is 0. The highest BCUT2D eigenvalue weighted by Gasteiger charge is 2.41. The van der Waals surface area contributed by atoms with Crippen LogP contribution in [0.1, 0.15) is 49.4 Å². The molecule has 0 aromatic heterocycles. The van der Waals surface area contributed by atoms with Gasteiger partial charge in [0.15, 0.2) is 5.78 Å². The molecule has 38 heavy (non-hydrogen) atoms. The molecule has 0 spiro atoms. The molecule has 1 aliphatic heterocycles. The van der Waals surface area contributed by atoms with Crippen LogP contribution in [-0.4, -0.2) is 24.8 Å². The molecular weight excluding hydrogens is 494 g/mol. The number of nitrogens with one attached hydrogen (secondary N) is 2. The number of nitrogens with zero attached hydrogens (tertiary/aromatic N) is 1. The molecule has 0 fully saturated rings. The number of amides is 1. The number of halogens is 1. The molecule has 1 amide bonds. The fourth-order valence-corrected chi connectivity index (χ4v) is 5.66. The van der Waals surface area contributed by atoms with Gasteiger partial charge in [-0.3, -0.25) is 9.59 Å². The normalized spacial score (nSPS) is 18.3. The smallest absolute Gasteiger partial charge is 0.239 e. The molecule has 5 rings (SSSR count). The molecule has 1 unspecified atom stereocenters. The highest BCUT2D eigenvalue weighted by atomic mass is 35.5. The summed E-state index contributed by atoms with van der Waals surface area (Å²) in [4.78, 5) is 29.2. The summed E-state index contributed by atoms with van der Waals surface area (Å²) < 4.78 is 0. The van der Waals surface area contributed by atoms with Crippen LogP contribution in [0.15, 0.2) is 84.1 Å². The highest BCUT2D eigenvalue weighted by Crippen LogP contribution is 2.48. The number of carbonyl (C=O) groups is 2. The van der Waals surface area contributed by atoms with Gasteiger partial charge in [0.1, 0.15) is 0 Å². The summed E-state index contributed by atoms with van der Waals surface area (Å²) in [5.74, 6) is 0.0498. The highest BCUT2D eigenvalue weighted by molar-refractivity contribution is 6.30. The van der Waals surface area contributed by atoms with Crippen molar-refractivity contribution in [3.63, 3.8) is 0 Å². The van der Waals surface area contributed by atoms with E-state index in [1.54, 1.807) is 0 Å². The van der Waals surface area contributed by atoms with Crippen molar-refractivity contribution in [2.75, 3.05) is 23.3 Å². The van der Waals surface area contributed by atoms with Gasteiger partial charge in [0.05, 0.1) is 24.0 Å². The SMILES string of the molecule is Cc1ccc(C2C3=C(CC(C)(C)CC3=O)Nc3ccccc3N2CC(=O)NCCc2ccc(Cl)cc2)cc1. The van der Waals surface area contributed by atoms with Gasteiger partial charge in [-0.25, -0.2) is 0 Å². The molecule has 0 saturated carbocycles. The number of ketones is 1. The van der Waals surface area contributed by atoms with Crippen LogP contribution in [0.4, 0.5) is 11.4 Å². The number of allylic oxidation sites excluding steroid dienone is 1. The number of rotatable bonds is 6. The number of benzene rings is 3. The van der Waals surface area contributed by atoms with Crippen LogP contribution in [0.25, 0.3) is 0 Å². The van der Waals surface area contributed by atoms with Crippen LogP contribution in [0.2, 0.25) is 5.02 Å². The molecule has 3 aromatic rings. The monoisotopic (exact) mass is 527 g/mol. The number of para-hydroxylation sites is 2. The summed E-state index contributed by atoms with van der Waals surface area (Å²) in [6.45, 7) is 6.98. The number of Topliss-reactive ketones (excluding diaryl/α,β-unsaturated/α-hetero) is 1. The summed E-state index contributed by atoms with van der Waals surface area (Å²) in [6, 6.07) is 23.6. The lowest BCUT2D eigenvalue weighted by Crippen LogP contribution is -2.42. The first kappa shape index (κ1) is 26.1. The largest absolute Gasteiger partial charge is 0.357 e. The summed E-state index contributed by atoms with van der Waals surface area (Å²) >= 11 is 6.00. The average molecular weight is 528 g/mol. The van der Waals surface area contributed by atoms with Crippen molar-refractivity contribution < 1.29 is 9.59 Å². The molecule has 0 saturated heterocycles. The molecule has 1 aliphatic carbocycles. The minimum atomic E-state index is -0.368. The minimum absolute atomic E-state index is 0.0847. The number of hydrogen-bond acceptors (Lipinski definition) is 4. The Hall–Kier alpha value is -3.57. The van der Waals surface area contributed by atoms with Gasteiger partial charge in [-0.2, -0.15) is 0 Å². The third-order valence-electron chi connectivity index (χ3n) is 7.36. The van der Waals surface area contributed by atoms with Gasteiger partial charge in [0.2, 0.25) is 5.91 Å². The maximum Gasteiger partial charge on any atom is 0.239 e. The predicted octanol–water partition coefficient (Wildman–Crippen LogP) is 6.62. The van der Waals surface area contributed by atoms with Gasteiger partial charge in [-0.15, -0.1) is 0 Å². The van der Waals surface area contributed by atoms with Gasteiger partial charge in [-0.05, 0) is 60.6 Å². The van der Waals surface area contributed by atoms with Crippen molar-refractivity contribution in [2.45, 2.75) is 46.1 Å². The average Bonchev–Trinajstić information content (AvgIpc) is 2.99. The van der Waals surface area contributed by atoms with Gasteiger partial charge < -0.3 is 15.5 Å². The van der Waals surface area contributed by atoms with E-state index in [4.69, 9.17) is 11.6 Å². The van der Waals surface area contributed by atoms with E-state index in [1.807, 2.05) is 48.5 Å². The van der Waals surface area contributed by atoms with Gasteiger partial charge in [0.25, 0.3) is 0 Å². The predicted molar refractivity (Wildman–Crippen MR) is 155 cm³/mol. The van der Waals surface area contributed by atoms with E-state index in [1.165, 1.54) is 0 Å². The quantitative estimate of drug-likeness (QED) is 0.378. The van der Waals surface area contributed by atoms with Crippen LogP contribution in [0.5, 0.6) is 0 Å². The molecule has 3 aromatic carbocycles. The molecule has 5 nitrogen and oxygen atoms in total. The first-order valence-electron chi connectivity index (χ1n) is 13.2. The Kier molecular flexibility index (Phi) is 7.31. The maximum atomic E-state index is 13.7. The zero-order valence-electron chi connectivity index (χ0n) is 22.2. The Morgan fingerprint density at radius 3 is 2.47 bits per heavy atom. The van der Waals surface area contributed by atoms with E-state index in [9.17, 15) is 9.59 Å². The van der Waals surface area contributed by atoms with Crippen LogP contribution in [0.3, 0.4) is 0 Å². The molecule has 6 heteroatoms. The van der Waals surface area contributed by atoms with Gasteiger partial charge in [0, 0.05) is 29.3 Å². The van der Waals surface area contributed by atoms with Crippen LogP contribution in [0, 0.1) is 12.3 Å². The van der Waals surface area contributed by atoms with Crippen molar-refractivity contribution in [3.8, 4) is 0 Å². The maximum absolute atomic E-state index is 13.7. The fraction of sp³-hybridized carbons (Fsp3) is 0.312. The zero-order chi connectivity index (χ0) is 26.9. The van der Waals surface area contributed by atoms with Crippen molar-refractivity contribution in [1.82, 2.24) is 5.32 Å². The number of anilines is 2. The molecule has 2 N–H and O–H groups in total. The molecule has 1 atom stereocenters. The number of aryl methyl sites for hydroxylation is 1. The molecule has 0 bridgehead atoms. The first-order valence-corrected chi connectivity index (χ1v) is 13.5. The topological polar surface area (TPSA) is 61.4 Å². The first-order chi connectivity index (χ1) is 18.2. The third kappa shape index (κ3) is 5.63. The lowest BCUT2D eigenvalue weighted by molar-refractivity contribution is -0.120. The second kappa shape index (κ2) is 10.7. The Labute approximate surface area is 229 Å². The Balaban J connectivity index is 1.50. The Morgan fingerprint density at radius 2 is 1.74 bits per heavy atom. The second-order valence-corrected chi connectivity index (χ2v) is 11.6. The van der Waals surface area contributed by atoms with E-state index >= 15 is 0 Å². The molecule has 2 aliphatic rings. The summed E-state index contributed by atoms with van der Waals surface area (Å²) in [5.41, 5.74) is 6.67. The lowest BCUT2D eigenvalue weighted by Gasteiger charge is -2.38. The molecule has 0 radical (unpaired) electrons.